The quantitative estimate of drug-likeness (QED) is 0.232. The Hall–Kier alpha value is 2.11. The Morgan fingerprint density at radius 2 is 1.29 bits per heavy atom. The van der Waals surface area contributed by atoms with Gasteiger partial charge in [0, 0.05) is 0 Å². The molecule has 0 saturated heterocycles. The SMILES string of the molecule is CCCCCCCCCCOP(=O)([O-])[O-].[Na+].[Na+]. The van der Waals surface area contributed by atoms with Gasteiger partial charge < -0.3 is 18.9 Å². The maximum atomic E-state index is 10.1. The van der Waals surface area contributed by atoms with Crippen molar-refractivity contribution in [2.75, 3.05) is 6.61 Å². The third kappa shape index (κ3) is 23.6. The summed E-state index contributed by atoms with van der Waals surface area (Å²) >= 11 is 0. The molecular formula is C10H21Na2O4P. The first-order valence-corrected chi connectivity index (χ1v) is 7.19. The fourth-order valence-corrected chi connectivity index (χ4v) is 1.77. The molecule has 17 heavy (non-hydrogen) atoms. The summed E-state index contributed by atoms with van der Waals surface area (Å²) in [5, 5.41) is 0. The summed E-state index contributed by atoms with van der Waals surface area (Å²) < 4.78 is 14.2. The number of unbranched alkanes of at least 4 members (excludes halogenated alkanes) is 7. The fraction of sp³-hybridized carbons (Fsp3) is 1.00. The zero-order valence-corrected chi connectivity index (χ0v) is 16.3. The molecule has 4 nitrogen and oxygen atoms in total. The normalized spacial score (nSPS) is 10.5. The average molecular weight is 282 g/mol. The molecule has 0 fully saturated rings. The fourth-order valence-electron chi connectivity index (χ4n) is 1.41. The summed E-state index contributed by atoms with van der Waals surface area (Å²) in [6.45, 7) is 2.22. The third-order valence-corrected chi connectivity index (χ3v) is 2.75. The standard InChI is InChI=1S/C10H23O4P.2Na/c1-2-3-4-5-6-7-8-9-10-14-15(11,12)13;;/h2-10H2,1H3,(H2,11,12,13);;/q;2*+1/p-2. The molecule has 0 amide bonds. The van der Waals surface area contributed by atoms with E-state index in [9.17, 15) is 14.4 Å². The molecule has 0 aliphatic heterocycles. The first-order valence-electron chi connectivity index (χ1n) is 5.73. The molecule has 92 valence electrons. The number of phosphoric acid groups is 1. The summed E-state index contributed by atoms with van der Waals surface area (Å²) in [7, 11) is -4.74. The van der Waals surface area contributed by atoms with E-state index in [1.54, 1.807) is 0 Å². The Balaban J connectivity index is -0.000000980. The summed E-state index contributed by atoms with van der Waals surface area (Å²) in [6.07, 6.45) is 8.93. The van der Waals surface area contributed by atoms with E-state index in [0.717, 1.165) is 12.8 Å². The largest absolute Gasteiger partial charge is 1.00 e. The molecule has 0 unspecified atom stereocenters. The van der Waals surface area contributed by atoms with Gasteiger partial charge in [0.2, 0.25) is 0 Å². The molecule has 0 aromatic carbocycles. The molecule has 0 saturated carbocycles. The molecule has 0 aromatic heterocycles. The first-order chi connectivity index (χ1) is 7.06. The van der Waals surface area contributed by atoms with Gasteiger partial charge in [-0.2, -0.15) is 0 Å². The van der Waals surface area contributed by atoms with Gasteiger partial charge in [-0.1, -0.05) is 51.9 Å². The van der Waals surface area contributed by atoms with Crippen LogP contribution in [-0.2, 0) is 9.09 Å². The van der Waals surface area contributed by atoms with Gasteiger partial charge in [-0.15, -0.1) is 0 Å². The van der Waals surface area contributed by atoms with Crippen LogP contribution < -0.4 is 68.9 Å². The second kappa shape index (κ2) is 16.2. The molecule has 0 aromatic rings. The van der Waals surface area contributed by atoms with Crippen LogP contribution in [-0.4, -0.2) is 6.61 Å². The van der Waals surface area contributed by atoms with Gasteiger partial charge >= 0.3 is 59.1 Å². The van der Waals surface area contributed by atoms with Crippen molar-refractivity contribution < 1.29 is 78.0 Å². The van der Waals surface area contributed by atoms with Crippen molar-refractivity contribution in [1.82, 2.24) is 0 Å². The monoisotopic (exact) mass is 282 g/mol. The second-order valence-corrected chi connectivity index (χ2v) is 4.91. The Morgan fingerprint density at radius 1 is 0.882 bits per heavy atom. The van der Waals surface area contributed by atoms with E-state index in [2.05, 4.69) is 11.4 Å². The van der Waals surface area contributed by atoms with Crippen LogP contribution in [0.5, 0.6) is 0 Å². The van der Waals surface area contributed by atoms with Crippen molar-refractivity contribution in [3.8, 4) is 0 Å². The Morgan fingerprint density at radius 3 is 1.71 bits per heavy atom. The Labute approximate surface area is 149 Å². The first kappa shape index (κ1) is 24.1. The van der Waals surface area contributed by atoms with Gasteiger partial charge in [-0.25, -0.2) is 0 Å². The van der Waals surface area contributed by atoms with E-state index in [1.807, 2.05) is 0 Å². The van der Waals surface area contributed by atoms with Gasteiger partial charge in [-0.3, -0.25) is 0 Å². The van der Waals surface area contributed by atoms with Crippen molar-refractivity contribution in [3.05, 3.63) is 0 Å². The molecule has 0 aliphatic carbocycles. The summed E-state index contributed by atoms with van der Waals surface area (Å²) in [6, 6.07) is 0. The van der Waals surface area contributed by atoms with Gasteiger partial charge in [0.25, 0.3) is 0 Å². The molecular weight excluding hydrogens is 261 g/mol. The van der Waals surface area contributed by atoms with E-state index >= 15 is 0 Å². The number of hydrogen-bond donors (Lipinski definition) is 0. The summed E-state index contributed by atoms with van der Waals surface area (Å²) in [4.78, 5) is 20.2. The van der Waals surface area contributed by atoms with Gasteiger partial charge in [0.1, 0.15) is 0 Å². The van der Waals surface area contributed by atoms with E-state index in [0.29, 0.717) is 6.42 Å². The van der Waals surface area contributed by atoms with Crippen LogP contribution in [0.1, 0.15) is 58.3 Å². The molecule has 0 aliphatic rings. The van der Waals surface area contributed by atoms with Crippen LogP contribution in [0.3, 0.4) is 0 Å². The van der Waals surface area contributed by atoms with Gasteiger partial charge in [-0.05, 0) is 6.42 Å². The molecule has 0 N–H and O–H groups in total. The minimum Gasteiger partial charge on any atom is -0.790 e. The van der Waals surface area contributed by atoms with Crippen molar-refractivity contribution in [1.29, 1.82) is 0 Å². The maximum absolute atomic E-state index is 10.1. The molecule has 0 atom stereocenters. The summed E-state index contributed by atoms with van der Waals surface area (Å²) in [5.74, 6) is 0. The van der Waals surface area contributed by atoms with Crippen LogP contribution in [0.4, 0.5) is 0 Å². The van der Waals surface area contributed by atoms with E-state index < -0.39 is 7.82 Å². The van der Waals surface area contributed by atoms with Crippen LogP contribution >= 0.6 is 7.82 Å². The van der Waals surface area contributed by atoms with Crippen molar-refractivity contribution in [2.24, 2.45) is 0 Å². The van der Waals surface area contributed by atoms with Gasteiger partial charge in [0.15, 0.2) is 0 Å². The van der Waals surface area contributed by atoms with Crippen LogP contribution in [0.2, 0.25) is 0 Å². The van der Waals surface area contributed by atoms with Crippen LogP contribution in [0.15, 0.2) is 0 Å². The predicted molar refractivity (Wildman–Crippen MR) is 56.2 cm³/mol. The number of hydrogen-bond acceptors (Lipinski definition) is 4. The molecule has 0 rings (SSSR count). The minimum absolute atomic E-state index is 0. The second-order valence-electron chi connectivity index (χ2n) is 3.76. The number of phosphoric ester groups is 1. The smallest absolute Gasteiger partial charge is 0.790 e. The van der Waals surface area contributed by atoms with Gasteiger partial charge in [0.05, 0.1) is 14.4 Å². The minimum atomic E-state index is -4.74. The topological polar surface area (TPSA) is 72.4 Å². The Bertz CT molecular complexity index is 187. The van der Waals surface area contributed by atoms with Crippen molar-refractivity contribution in [2.45, 2.75) is 58.3 Å². The maximum Gasteiger partial charge on any atom is 1.00 e. The molecule has 0 heterocycles. The van der Waals surface area contributed by atoms with Crippen molar-refractivity contribution in [3.63, 3.8) is 0 Å². The molecule has 0 radical (unpaired) electrons. The van der Waals surface area contributed by atoms with E-state index in [4.69, 9.17) is 0 Å². The van der Waals surface area contributed by atoms with Crippen LogP contribution in [0.25, 0.3) is 0 Å². The average Bonchev–Trinajstić information content (AvgIpc) is 2.14. The molecule has 0 bridgehead atoms. The van der Waals surface area contributed by atoms with E-state index in [1.165, 1.54) is 32.1 Å². The third-order valence-electron chi connectivity index (χ3n) is 2.25. The van der Waals surface area contributed by atoms with Crippen LogP contribution in [0, 0.1) is 0 Å². The van der Waals surface area contributed by atoms with E-state index in [-0.39, 0.29) is 65.7 Å². The summed E-state index contributed by atoms with van der Waals surface area (Å²) in [5.41, 5.74) is 0. The predicted octanol–water partition coefficient (Wildman–Crippen LogP) is -4.02. The Kier molecular flexibility index (Phi) is 23.0. The zero-order valence-electron chi connectivity index (χ0n) is 11.4. The molecule has 7 heteroatoms. The van der Waals surface area contributed by atoms with Crippen molar-refractivity contribution >= 4 is 7.82 Å². The molecule has 0 spiro atoms. The zero-order chi connectivity index (χ0) is 11.6. The number of rotatable bonds is 10.